The molecule has 0 saturated carbocycles. The van der Waals surface area contributed by atoms with Crippen LogP contribution in [0.3, 0.4) is 0 Å². The lowest BCUT2D eigenvalue weighted by molar-refractivity contribution is -0.282. The smallest absolute Gasteiger partial charge is 0.103 e. The van der Waals surface area contributed by atoms with Crippen LogP contribution in [0.4, 0.5) is 5.69 Å². The van der Waals surface area contributed by atoms with Crippen molar-refractivity contribution in [3.63, 3.8) is 0 Å². The first-order chi connectivity index (χ1) is 11.8. The summed E-state index contributed by atoms with van der Waals surface area (Å²) in [6.45, 7) is 2.75. The molecule has 0 atom stereocenters. The number of rotatable bonds is 7. The van der Waals surface area contributed by atoms with Crippen molar-refractivity contribution < 1.29 is 9.78 Å². The van der Waals surface area contributed by atoms with Gasteiger partial charge < -0.3 is 9.88 Å². The van der Waals surface area contributed by atoms with Crippen molar-refractivity contribution in [3.8, 4) is 0 Å². The number of aromatic nitrogens is 3. The SMILES string of the molecule is CCOOC/C=C(/Nc1ccc2c(c1)ncn2C)c1ccncc1. The zero-order valence-electron chi connectivity index (χ0n) is 13.8. The lowest BCUT2D eigenvalue weighted by Gasteiger charge is -2.12. The van der Waals surface area contributed by atoms with E-state index in [2.05, 4.69) is 15.3 Å². The van der Waals surface area contributed by atoms with Crippen molar-refractivity contribution in [2.24, 2.45) is 7.05 Å². The predicted molar refractivity (Wildman–Crippen MR) is 94.1 cm³/mol. The molecule has 2 heterocycles. The second-order valence-corrected chi connectivity index (χ2v) is 5.23. The van der Waals surface area contributed by atoms with Gasteiger partial charge in [-0.15, -0.1) is 0 Å². The molecule has 3 rings (SSSR count). The number of anilines is 1. The number of hydrogen-bond donors (Lipinski definition) is 1. The molecule has 0 fully saturated rings. The van der Waals surface area contributed by atoms with Crippen LogP contribution < -0.4 is 5.32 Å². The maximum atomic E-state index is 5.10. The molecule has 2 aromatic heterocycles. The third-order valence-electron chi connectivity index (χ3n) is 3.55. The van der Waals surface area contributed by atoms with Gasteiger partial charge in [-0.1, -0.05) is 0 Å². The van der Waals surface area contributed by atoms with Crippen LogP contribution in [0.15, 0.2) is 55.1 Å². The van der Waals surface area contributed by atoms with E-state index in [-0.39, 0.29) is 0 Å². The van der Waals surface area contributed by atoms with Gasteiger partial charge in [0.1, 0.15) is 6.61 Å². The van der Waals surface area contributed by atoms with Gasteiger partial charge in [0.15, 0.2) is 0 Å². The Labute approximate surface area is 140 Å². The van der Waals surface area contributed by atoms with Crippen molar-refractivity contribution in [1.82, 2.24) is 14.5 Å². The Bertz CT molecular complexity index is 827. The van der Waals surface area contributed by atoms with E-state index in [1.165, 1.54) is 0 Å². The van der Waals surface area contributed by atoms with Crippen molar-refractivity contribution in [2.75, 3.05) is 18.5 Å². The van der Waals surface area contributed by atoms with E-state index in [1.807, 2.05) is 61.3 Å². The van der Waals surface area contributed by atoms with Crippen molar-refractivity contribution in [1.29, 1.82) is 0 Å². The maximum Gasteiger partial charge on any atom is 0.103 e. The Kier molecular flexibility index (Phi) is 5.20. The molecule has 1 N–H and O–H groups in total. The number of nitrogens with one attached hydrogen (secondary N) is 1. The van der Waals surface area contributed by atoms with E-state index >= 15 is 0 Å². The van der Waals surface area contributed by atoms with Crippen LogP contribution in [-0.4, -0.2) is 27.7 Å². The van der Waals surface area contributed by atoms with Gasteiger partial charge in [-0.25, -0.2) is 14.8 Å². The van der Waals surface area contributed by atoms with E-state index in [0.717, 1.165) is 28.0 Å². The topological polar surface area (TPSA) is 61.2 Å². The molecule has 0 amide bonds. The lowest BCUT2D eigenvalue weighted by Crippen LogP contribution is -2.02. The summed E-state index contributed by atoms with van der Waals surface area (Å²) >= 11 is 0. The summed E-state index contributed by atoms with van der Waals surface area (Å²) in [5, 5.41) is 3.42. The second kappa shape index (κ2) is 7.72. The zero-order valence-corrected chi connectivity index (χ0v) is 13.8. The quantitative estimate of drug-likeness (QED) is 0.410. The first-order valence-electron chi connectivity index (χ1n) is 7.81. The van der Waals surface area contributed by atoms with E-state index in [0.29, 0.717) is 13.2 Å². The standard InChI is InChI=1S/C18H20N4O2/c1-3-23-24-11-8-16(14-6-9-19-10-7-14)21-15-4-5-18-17(12-15)20-13-22(18)2/h4-10,12-13,21H,3,11H2,1-2H3/b16-8+. The van der Waals surface area contributed by atoms with Gasteiger partial charge in [-0.3, -0.25) is 4.98 Å². The summed E-state index contributed by atoms with van der Waals surface area (Å²) < 4.78 is 1.99. The van der Waals surface area contributed by atoms with Crippen LogP contribution >= 0.6 is 0 Å². The highest BCUT2D eigenvalue weighted by Gasteiger charge is 2.05. The highest BCUT2D eigenvalue weighted by molar-refractivity contribution is 5.84. The summed E-state index contributed by atoms with van der Waals surface area (Å²) in [5.41, 5.74) is 4.94. The summed E-state index contributed by atoms with van der Waals surface area (Å²) in [6.07, 6.45) is 7.27. The Morgan fingerprint density at radius 3 is 2.83 bits per heavy atom. The van der Waals surface area contributed by atoms with E-state index in [1.54, 1.807) is 12.4 Å². The third kappa shape index (κ3) is 3.79. The number of fused-ring (bicyclic) bond motifs is 1. The fraction of sp³-hybridized carbons (Fsp3) is 0.222. The van der Waals surface area contributed by atoms with Crippen LogP contribution in [0.2, 0.25) is 0 Å². The Morgan fingerprint density at radius 2 is 2.04 bits per heavy atom. The van der Waals surface area contributed by atoms with Crippen LogP contribution in [0.25, 0.3) is 16.7 Å². The molecule has 0 aliphatic carbocycles. The van der Waals surface area contributed by atoms with Gasteiger partial charge in [-0.05, 0) is 43.3 Å². The van der Waals surface area contributed by atoms with Crippen LogP contribution in [0, 0.1) is 0 Å². The fourth-order valence-corrected chi connectivity index (χ4v) is 2.39. The monoisotopic (exact) mass is 324 g/mol. The number of pyridine rings is 1. The number of nitrogens with zero attached hydrogens (tertiary/aromatic N) is 3. The van der Waals surface area contributed by atoms with Crippen LogP contribution in [0.1, 0.15) is 12.5 Å². The molecule has 124 valence electrons. The summed E-state index contributed by atoms with van der Waals surface area (Å²) in [7, 11) is 1.98. The molecule has 0 aliphatic rings. The molecule has 1 aromatic carbocycles. The molecule has 0 radical (unpaired) electrons. The molecular weight excluding hydrogens is 304 g/mol. The van der Waals surface area contributed by atoms with Crippen molar-refractivity contribution in [3.05, 3.63) is 60.7 Å². The highest BCUT2D eigenvalue weighted by Crippen LogP contribution is 2.22. The maximum absolute atomic E-state index is 5.10. The molecule has 3 aromatic rings. The fourth-order valence-electron chi connectivity index (χ4n) is 2.39. The van der Waals surface area contributed by atoms with E-state index < -0.39 is 0 Å². The molecule has 0 saturated heterocycles. The largest absolute Gasteiger partial charge is 0.355 e. The van der Waals surface area contributed by atoms with Gasteiger partial charge in [0.05, 0.1) is 24.0 Å². The molecule has 6 nitrogen and oxygen atoms in total. The Hall–Kier alpha value is -2.70. The first-order valence-corrected chi connectivity index (χ1v) is 7.81. The minimum atomic E-state index is 0.352. The Balaban J connectivity index is 1.84. The van der Waals surface area contributed by atoms with Crippen molar-refractivity contribution in [2.45, 2.75) is 6.92 Å². The lowest BCUT2D eigenvalue weighted by atomic mass is 10.1. The van der Waals surface area contributed by atoms with E-state index in [9.17, 15) is 0 Å². The zero-order chi connectivity index (χ0) is 16.8. The number of hydrogen-bond acceptors (Lipinski definition) is 5. The third-order valence-corrected chi connectivity index (χ3v) is 3.55. The molecule has 0 bridgehead atoms. The second-order valence-electron chi connectivity index (χ2n) is 5.23. The van der Waals surface area contributed by atoms with E-state index in [4.69, 9.17) is 9.78 Å². The van der Waals surface area contributed by atoms with Gasteiger partial charge >= 0.3 is 0 Å². The molecule has 6 heteroatoms. The van der Waals surface area contributed by atoms with Gasteiger partial charge in [-0.2, -0.15) is 0 Å². The molecule has 0 unspecified atom stereocenters. The number of imidazole rings is 1. The summed E-state index contributed by atoms with van der Waals surface area (Å²) in [4.78, 5) is 18.5. The van der Waals surface area contributed by atoms with Gasteiger partial charge in [0.25, 0.3) is 0 Å². The summed E-state index contributed by atoms with van der Waals surface area (Å²) in [5.74, 6) is 0. The van der Waals surface area contributed by atoms with Crippen LogP contribution in [0.5, 0.6) is 0 Å². The normalized spacial score (nSPS) is 11.8. The van der Waals surface area contributed by atoms with Crippen LogP contribution in [-0.2, 0) is 16.8 Å². The molecule has 24 heavy (non-hydrogen) atoms. The molecule has 0 spiro atoms. The summed E-state index contributed by atoms with van der Waals surface area (Å²) in [6, 6.07) is 9.99. The average Bonchev–Trinajstić information content (AvgIpc) is 2.99. The highest BCUT2D eigenvalue weighted by atomic mass is 17.2. The first kappa shape index (κ1) is 16.2. The van der Waals surface area contributed by atoms with Crippen molar-refractivity contribution >= 4 is 22.4 Å². The minimum Gasteiger partial charge on any atom is -0.355 e. The minimum absolute atomic E-state index is 0.352. The van der Waals surface area contributed by atoms with Gasteiger partial charge in [0.2, 0.25) is 0 Å². The van der Waals surface area contributed by atoms with Gasteiger partial charge in [0, 0.05) is 36.4 Å². The Morgan fingerprint density at radius 1 is 1.21 bits per heavy atom. The molecule has 0 aliphatic heterocycles. The molecular formula is C18H20N4O2. The number of benzene rings is 1. The predicted octanol–water partition coefficient (Wildman–Crippen LogP) is 3.39. The number of aryl methyl sites for hydroxylation is 1. The average molecular weight is 324 g/mol.